The molecule has 5 atom stereocenters. The van der Waals surface area contributed by atoms with Gasteiger partial charge in [-0.15, -0.1) is 0 Å². The number of benzene rings is 2. The van der Waals surface area contributed by atoms with Gasteiger partial charge in [-0.3, -0.25) is 4.79 Å². The van der Waals surface area contributed by atoms with Gasteiger partial charge in [0, 0.05) is 10.6 Å². The Morgan fingerprint density at radius 1 is 1.13 bits per heavy atom. The molecule has 0 aromatic heterocycles. The van der Waals surface area contributed by atoms with Gasteiger partial charge in [-0.2, -0.15) is 0 Å². The predicted octanol–water partition coefficient (Wildman–Crippen LogP) is 0.456. The van der Waals surface area contributed by atoms with Crippen molar-refractivity contribution in [3.63, 3.8) is 0 Å². The quantitative estimate of drug-likeness (QED) is 0.433. The molecule has 31 heavy (non-hydrogen) atoms. The summed E-state index contributed by atoms with van der Waals surface area (Å²) in [6.45, 7) is 1.61. The Bertz CT molecular complexity index is 984. The number of hydrogen-bond donors (Lipinski definition) is 5. The van der Waals surface area contributed by atoms with Gasteiger partial charge >= 0.3 is 0 Å². The zero-order valence-electron chi connectivity index (χ0n) is 16.8. The summed E-state index contributed by atoms with van der Waals surface area (Å²) >= 11 is 6.39. The van der Waals surface area contributed by atoms with Crippen molar-refractivity contribution in [3.8, 4) is 5.75 Å². The van der Waals surface area contributed by atoms with Gasteiger partial charge in [-0.05, 0) is 48.7 Å². The molecular formula is C22H24ClNO7. The summed E-state index contributed by atoms with van der Waals surface area (Å²) in [5, 5.41) is 44.1. The molecule has 2 aliphatic rings. The largest absolute Gasteiger partial charge is 0.494 e. The molecule has 2 fully saturated rings. The van der Waals surface area contributed by atoms with Crippen molar-refractivity contribution in [2.75, 3.05) is 13.2 Å². The van der Waals surface area contributed by atoms with Crippen molar-refractivity contribution in [1.29, 1.82) is 0 Å². The lowest BCUT2D eigenvalue weighted by Gasteiger charge is -2.45. The van der Waals surface area contributed by atoms with E-state index in [1.807, 2.05) is 31.2 Å². The van der Waals surface area contributed by atoms with Gasteiger partial charge in [0.15, 0.2) is 5.72 Å². The van der Waals surface area contributed by atoms with Gasteiger partial charge in [0.1, 0.15) is 24.1 Å². The van der Waals surface area contributed by atoms with Crippen LogP contribution in [0.4, 0.5) is 0 Å². The first-order valence-corrected chi connectivity index (χ1v) is 10.3. The highest BCUT2D eigenvalue weighted by atomic mass is 35.5. The molecule has 8 nitrogen and oxygen atoms in total. The molecule has 0 unspecified atom stereocenters. The average molecular weight is 450 g/mol. The summed E-state index contributed by atoms with van der Waals surface area (Å²) in [7, 11) is 0. The van der Waals surface area contributed by atoms with Crippen LogP contribution in [0.1, 0.15) is 23.6 Å². The lowest BCUT2D eigenvalue weighted by atomic mass is 9.83. The molecule has 0 aliphatic carbocycles. The molecule has 0 radical (unpaired) electrons. The van der Waals surface area contributed by atoms with Crippen molar-refractivity contribution >= 4 is 17.5 Å². The molecule has 2 bridgehead atoms. The first-order chi connectivity index (χ1) is 14.8. The fourth-order valence-corrected chi connectivity index (χ4v) is 4.37. The van der Waals surface area contributed by atoms with Crippen molar-refractivity contribution in [2.24, 2.45) is 0 Å². The van der Waals surface area contributed by atoms with E-state index in [1.54, 1.807) is 18.2 Å². The molecule has 0 saturated carbocycles. The molecule has 2 aromatic carbocycles. The third-order valence-corrected chi connectivity index (χ3v) is 6.28. The molecule has 9 heteroatoms. The van der Waals surface area contributed by atoms with Crippen LogP contribution < -0.4 is 10.1 Å². The first-order valence-electron chi connectivity index (χ1n) is 9.96. The molecule has 166 valence electrons. The van der Waals surface area contributed by atoms with Crippen LogP contribution in [0, 0.1) is 0 Å². The minimum atomic E-state index is -2.08. The van der Waals surface area contributed by atoms with E-state index in [4.69, 9.17) is 21.1 Å². The highest BCUT2D eigenvalue weighted by molar-refractivity contribution is 6.31. The number of ether oxygens (including phenoxy) is 2. The van der Waals surface area contributed by atoms with E-state index in [1.165, 1.54) is 0 Å². The Hall–Kier alpha value is -2.20. The summed E-state index contributed by atoms with van der Waals surface area (Å²) < 4.78 is 11.2. The van der Waals surface area contributed by atoms with Crippen molar-refractivity contribution in [3.05, 3.63) is 64.2 Å². The van der Waals surface area contributed by atoms with Gasteiger partial charge in [-0.1, -0.05) is 29.8 Å². The number of rotatable bonds is 6. The minimum Gasteiger partial charge on any atom is -0.494 e. The summed E-state index contributed by atoms with van der Waals surface area (Å²) in [6.07, 6.45) is -4.73. The number of halogens is 1. The molecular weight excluding hydrogens is 426 g/mol. The van der Waals surface area contributed by atoms with E-state index in [2.05, 4.69) is 5.32 Å². The number of amides is 1. The maximum absolute atomic E-state index is 12.6. The fraction of sp³-hybridized carbons (Fsp3) is 0.409. The van der Waals surface area contributed by atoms with Crippen LogP contribution in [0.2, 0.25) is 5.02 Å². The summed E-state index contributed by atoms with van der Waals surface area (Å²) in [5.74, 6) is -0.0635. The maximum atomic E-state index is 12.6. The number of carbonyl (C=O) groups excluding carboxylic acids is 1. The third kappa shape index (κ3) is 3.40. The molecule has 5 N–H and O–H groups in total. The summed E-state index contributed by atoms with van der Waals surface area (Å²) in [6, 6.07) is 12.4. The van der Waals surface area contributed by atoms with Crippen LogP contribution in [-0.2, 0) is 21.7 Å². The third-order valence-electron chi connectivity index (χ3n) is 5.91. The predicted molar refractivity (Wildman–Crippen MR) is 111 cm³/mol. The number of carbonyl (C=O) groups is 1. The standard InChI is InChI=1S/C22H24ClNO7/c1-2-30-15-6-3-12(4-7-15)9-13-10-14(5-8-16(13)23)22-19(28)17(26)18(27)21(11-25,31-22)20(29)24-22/h3-8,10,17-19,25-28H,2,9,11H2,1H3,(H,24,29)/t17-,18-,19+,21+,22-/m0/s1. The molecule has 2 aliphatic heterocycles. The lowest BCUT2D eigenvalue weighted by Crippen LogP contribution is -2.66. The fourth-order valence-electron chi connectivity index (χ4n) is 4.18. The van der Waals surface area contributed by atoms with E-state index in [9.17, 15) is 25.2 Å². The van der Waals surface area contributed by atoms with Crippen molar-refractivity contribution in [1.82, 2.24) is 5.32 Å². The van der Waals surface area contributed by atoms with Crippen LogP contribution in [0.25, 0.3) is 0 Å². The van der Waals surface area contributed by atoms with E-state index in [0.717, 1.165) is 11.3 Å². The normalized spacial score (nSPS) is 32.1. The monoisotopic (exact) mass is 449 g/mol. The van der Waals surface area contributed by atoms with Gasteiger partial charge in [0.05, 0.1) is 13.2 Å². The van der Waals surface area contributed by atoms with Crippen LogP contribution in [-0.4, -0.2) is 63.5 Å². The second-order valence-corrected chi connectivity index (χ2v) is 8.19. The highest BCUT2D eigenvalue weighted by Gasteiger charge is 2.70. The summed E-state index contributed by atoms with van der Waals surface area (Å²) in [4.78, 5) is 12.6. The second kappa shape index (κ2) is 8.05. The Kier molecular flexibility index (Phi) is 5.72. The van der Waals surface area contributed by atoms with Crippen molar-refractivity contribution in [2.45, 2.75) is 43.0 Å². The average Bonchev–Trinajstić information content (AvgIpc) is 3.06. The second-order valence-electron chi connectivity index (χ2n) is 7.78. The highest BCUT2D eigenvalue weighted by Crippen LogP contribution is 2.46. The van der Waals surface area contributed by atoms with E-state index < -0.39 is 42.2 Å². The Morgan fingerprint density at radius 3 is 2.48 bits per heavy atom. The first kappa shape index (κ1) is 22.0. The van der Waals surface area contributed by atoms with E-state index in [-0.39, 0.29) is 0 Å². The van der Waals surface area contributed by atoms with Gasteiger partial charge in [0.2, 0.25) is 5.60 Å². The number of fused-ring (bicyclic) bond motifs is 2. The number of nitrogens with one attached hydrogen (secondary N) is 1. The van der Waals surface area contributed by atoms with Gasteiger partial charge in [0.25, 0.3) is 5.91 Å². The van der Waals surface area contributed by atoms with Crippen LogP contribution in [0.3, 0.4) is 0 Å². The van der Waals surface area contributed by atoms with Gasteiger partial charge in [-0.25, -0.2) is 0 Å². The molecule has 0 spiro atoms. The lowest BCUT2D eigenvalue weighted by molar-refractivity contribution is -0.288. The van der Waals surface area contributed by atoms with E-state index in [0.29, 0.717) is 29.2 Å². The number of hydrogen-bond acceptors (Lipinski definition) is 7. The molecule has 2 aromatic rings. The Morgan fingerprint density at radius 2 is 1.84 bits per heavy atom. The maximum Gasteiger partial charge on any atom is 0.260 e. The number of aliphatic hydroxyl groups is 4. The topological polar surface area (TPSA) is 128 Å². The van der Waals surface area contributed by atoms with Crippen LogP contribution in [0.15, 0.2) is 42.5 Å². The van der Waals surface area contributed by atoms with Crippen molar-refractivity contribution < 1.29 is 34.7 Å². The molecule has 2 saturated heterocycles. The Balaban J connectivity index is 1.70. The summed E-state index contributed by atoms with van der Waals surface area (Å²) in [5.41, 5.74) is -1.92. The smallest absolute Gasteiger partial charge is 0.260 e. The SMILES string of the molecule is CCOc1ccc(Cc2cc([C@]34NC(=O)[C@](CO)(O3)[C@@H](O)[C@H](O)[C@H]4O)ccc2Cl)cc1. The van der Waals surface area contributed by atoms with Gasteiger partial charge < -0.3 is 35.2 Å². The molecule has 4 rings (SSSR count). The minimum absolute atomic E-state index is 0.333. The van der Waals surface area contributed by atoms with Crippen LogP contribution in [0.5, 0.6) is 5.75 Å². The number of aliphatic hydroxyl groups excluding tert-OH is 4. The Labute approximate surface area is 184 Å². The zero-order chi connectivity index (χ0) is 22.4. The van der Waals surface area contributed by atoms with Crippen LogP contribution >= 0.6 is 11.6 Å². The van der Waals surface area contributed by atoms with E-state index >= 15 is 0 Å². The molecule has 1 amide bonds. The zero-order valence-corrected chi connectivity index (χ0v) is 17.5. The molecule has 2 heterocycles.